The number of unbranched alkanes of at least 4 members (excludes halogenated alkanes) is 2. The Balaban J connectivity index is 2.15. The van der Waals surface area contributed by atoms with Gasteiger partial charge in [0.2, 0.25) is 10.0 Å². The lowest BCUT2D eigenvalue weighted by Crippen LogP contribution is -2.25. The summed E-state index contributed by atoms with van der Waals surface area (Å²) in [6, 6.07) is 11.8. The molecule has 2 aromatic rings. The third-order valence-corrected chi connectivity index (χ3v) is 5.79. The third-order valence-electron chi connectivity index (χ3n) is 4.33. The Morgan fingerprint density at radius 1 is 1.04 bits per heavy atom. The summed E-state index contributed by atoms with van der Waals surface area (Å²) in [4.78, 5) is 12.6. The molecular formula is C20H26N2O3S. The Hall–Kier alpha value is -2.18. The molecule has 0 aromatic heterocycles. The predicted molar refractivity (Wildman–Crippen MR) is 105 cm³/mol. The summed E-state index contributed by atoms with van der Waals surface area (Å²) < 4.78 is 27.4. The maximum atomic E-state index is 12.5. The molecule has 1 amide bonds. The topological polar surface area (TPSA) is 75.3 Å². The van der Waals surface area contributed by atoms with Gasteiger partial charge < -0.3 is 5.32 Å². The van der Waals surface area contributed by atoms with Gasteiger partial charge in [0.25, 0.3) is 5.91 Å². The van der Waals surface area contributed by atoms with Crippen molar-refractivity contribution in [1.82, 2.24) is 4.72 Å². The lowest BCUT2D eigenvalue weighted by molar-refractivity contribution is 0.102. The molecule has 2 N–H and O–H groups in total. The van der Waals surface area contributed by atoms with Gasteiger partial charge in [0.15, 0.2) is 0 Å². The molecule has 0 aliphatic rings. The molecule has 0 aliphatic heterocycles. The molecule has 2 rings (SSSR count). The number of sulfonamides is 1. The highest BCUT2D eigenvalue weighted by Crippen LogP contribution is 2.19. The fourth-order valence-corrected chi connectivity index (χ4v) is 3.67. The van der Waals surface area contributed by atoms with Crippen LogP contribution in [-0.2, 0) is 10.0 Å². The summed E-state index contributed by atoms with van der Waals surface area (Å²) in [6.07, 6.45) is 2.79. The number of aryl methyl sites for hydroxylation is 1. The third kappa shape index (κ3) is 5.16. The largest absolute Gasteiger partial charge is 0.322 e. The van der Waals surface area contributed by atoms with Crippen LogP contribution in [0.25, 0.3) is 0 Å². The van der Waals surface area contributed by atoms with E-state index in [1.54, 1.807) is 12.1 Å². The van der Waals surface area contributed by atoms with Crippen LogP contribution in [0.3, 0.4) is 0 Å². The maximum Gasteiger partial charge on any atom is 0.255 e. The van der Waals surface area contributed by atoms with Gasteiger partial charge in [0.1, 0.15) is 0 Å². The lowest BCUT2D eigenvalue weighted by atomic mass is 10.1. The molecule has 6 heteroatoms. The molecule has 140 valence electrons. The van der Waals surface area contributed by atoms with Crippen LogP contribution in [0.15, 0.2) is 47.4 Å². The standard InChI is InChI=1S/C20H26N2O3S/c1-4-5-6-13-21-26(24,25)18-11-8-10-17(14-18)20(23)22-19-12-7-9-15(2)16(19)3/h7-12,14,21H,4-6,13H2,1-3H3,(H,22,23). The molecule has 0 heterocycles. The minimum absolute atomic E-state index is 0.0996. The average Bonchev–Trinajstić information content (AvgIpc) is 2.63. The van der Waals surface area contributed by atoms with Crippen molar-refractivity contribution in [1.29, 1.82) is 0 Å². The molecule has 0 bridgehead atoms. The van der Waals surface area contributed by atoms with Crippen molar-refractivity contribution in [2.45, 2.75) is 44.9 Å². The van der Waals surface area contributed by atoms with Crippen LogP contribution in [0.2, 0.25) is 0 Å². The second-order valence-corrected chi connectivity index (χ2v) is 8.10. The van der Waals surface area contributed by atoms with Crippen molar-refractivity contribution in [3.63, 3.8) is 0 Å². The number of amides is 1. The second kappa shape index (κ2) is 8.96. The highest BCUT2D eigenvalue weighted by molar-refractivity contribution is 7.89. The molecule has 0 saturated heterocycles. The SMILES string of the molecule is CCCCCNS(=O)(=O)c1cccc(C(=O)Nc2cccc(C)c2C)c1. The number of anilines is 1. The zero-order chi connectivity index (χ0) is 19.2. The van der Waals surface area contributed by atoms with E-state index in [2.05, 4.69) is 17.0 Å². The Morgan fingerprint density at radius 2 is 1.77 bits per heavy atom. The van der Waals surface area contributed by atoms with E-state index in [0.717, 1.165) is 36.1 Å². The Morgan fingerprint density at radius 3 is 2.50 bits per heavy atom. The lowest BCUT2D eigenvalue weighted by Gasteiger charge is -2.11. The first kappa shape index (κ1) is 20.1. The molecule has 5 nitrogen and oxygen atoms in total. The quantitative estimate of drug-likeness (QED) is 0.685. The van der Waals surface area contributed by atoms with Crippen molar-refractivity contribution in [2.24, 2.45) is 0 Å². The van der Waals surface area contributed by atoms with E-state index in [1.165, 1.54) is 12.1 Å². The summed E-state index contributed by atoms with van der Waals surface area (Å²) in [5.41, 5.74) is 3.10. The van der Waals surface area contributed by atoms with Crippen LogP contribution >= 0.6 is 0 Å². The normalized spacial score (nSPS) is 11.3. The predicted octanol–water partition coefficient (Wildman–Crippen LogP) is 4.02. The highest BCUT2D eigenvalue weighted by atomic mass is 32.2. The minimum atomic E-state index is -3.61. The van der Waals surface area contributed by atoms with Gasteiger partial charge in [-0.3, -0.25) is 4.79 Å². The van der Waals surface area contributed by atoms with Crippen LogP contribution in [0.5, 0.6) is 0 Å². The Kier molecular flexibility index (Phi) is 6.94. The molecule has 26 heavy (non-hydrogen) atoms. The van der Waals surface area contributed by atoms with E-state index in [0.29, 0.717) is 12.1 Å². The minimum Gasteiger partial charge on any atom is -0.322 e. The summed E-state index contributed by atoms with van der Waals surface area (Å²) in [6.45, 7) is 6.37. The van der Waals surface area contributed by atoms with Gasteiger partial charge in [-0.15, -0.1) is 0 Å². The van der Waals surface area contributed by atoms with E-state index in [9.17, 15) is 13.2 Å². The van der Waals surface area contributed by atoms with Gasteiger partial charge in [-0.2, -0.15) is 0 Å². The van der Waals surface area contributed by atoms with Gasteiger partial charge in [-0.05, 0) is 55.7 Å². The number of benzene rings is 2. The smallest absolute Gasteiger partial charge is 0.255 e. The van der Waals surface area contributed by atoms with Crippen molar-refractivity contribution >= 4 is 21.6 Å². The maximum absolute atomic E-state index is 12.5. The Labute approximate surface area is 155 Å². The molecule has 0 atom stereocenters. The zero-order valence-corrected chi connectivity index (χ0v) is 16.3. The first-order chi connectivity index (χ1) is 12.3. The van der Waals surface area contributed by atoms with Gasteiger partial charge in [0, 0.05) is 17.8 Å². The van der Waals surface area contributed by atoms with E-state index < -0.39 is 10.0 Å². The molecule has 0 radical (unpaired) electrons. The van der Waals surface area contributed by atoms with Crippen LogP contribution in [0.1, 0.15) is 47.7 Å². The van der Waals surface area contributed by atoms with Crippen molar-refractivity contribution in [3.8, 4) is 0 Å². The van der Waals surface area contributed by atoms with E-state index in [-0.39, 0.29) is 10.8 Å². The van der Waals surface area contributed by atoms with Gasteiger partial charge in [0.05, 0.1) is 4.90 Å². The zero-order valence-electron chi connectivity index (χ0n) is 15.5. The second-order valence-electron chi connectivity index (χ2n) is 6.33. The van der Waals surface area contributed by atoms with Gasteiger partial charge >= 0.3 is 0 Å². The monoisotopic (exact) mass is 374 g/mol. The first-order valence-corrected chi connectivity index (χ1v) is 10.3. The molecule has 2 aromatic carbocycles. The van der Waals surface area contributed by atoms with Crippen molar-refractivity contribution in [3.05, 3.63) is 59.2 Å². The van der Waals surface area contributed by atoms with Crippen LogP contribution < -0.4 is 10.0 Å². The summed E-state index contributed by atoms with van der Waals surface area (Å²) in [5, 5.41) is 2.85. The summed E-state index contributed by atoms with van der Waals surface area (Å²) in [7, 11) is -3.61. The molecular weight excluding hydrogens is 348 g/mol. The van der Waals surface area contributed by atoms with Crippen molar-refractivity contribution in [2.75, 3.05) is 11.9 Å². The number of hydrogen-bond donors (Lipinski definition) is 2. The average molecular weight is 375 g/mol. The summed E-state index contributed by atoms with van der Waals surface area (Å²) in [5.74, 6) is -0.332. The fourth-order valence-electron chi connectivity index (χ4n) is 2.55. The number of carbonyl (C=O) groups excluding carboxylic acids is 1. The van der Waals surface area contributed by atoms with Crippen LogP contribution in [0, 0.1) is 13.8 Å². The van der Waals surface area contributed by atoms with Crippen molar-refractivity contribution < 1.29 is 13.2 Å². The van der Waals surface area contributed by atoms with E-state index in [4.69, 9.17) is 0 Å². The van der Waals surface area contributed by atoms with E-state index in [1.807, 2.05) is 32.0 Å². The number of nitrogens with one attached hydrogen (secondary N) is 2. The molecule has 0 saturated carbocycles. The van der Waals surface area contributed by atoms with Crippen LogP contribution in [0.4, 0.5) is 5.69 Å². The number of hydrogen-bond acceptors (Lipinski definition) is 3. The summed E-state index contributed by atoms with van der Waals surface area (Å²) >= 11 is 0. The Bertz CT molecular complexity index is 876. The molecule has 0 spiro atoms. The van der Waals surface area contributed by atoms with Gasteiger partial charge in [-0.1, -0.05) is 38.0 Å². The molecule has 0 aliphatic carbocycles. The number of rotatable bonds is 8. The fraction of sp³-hybridized carbons (Fsp3) is 0.350. The molecule has 0 fully saturated rings. The molecule has 0 unspecified atom stereocenters. The van der Waals surface area contributed by atoms with E-state index >= 15 is 0 Å². The van der Waals surface area contributed by atoms with Crippen LogP contribution in [-0.4, -0.2) is 20.9 Å². The highest BCUT2D eigenvalue weighted by Gasteiger charge is 2.16. The number of carbonyl (C=O) groups is 1. The first-order valence-electron chi connectivity index (χ1n) is 8.82. The van der Waals surface area contributed by atoms with Gasteiger partial charge in [-0.25, -0.2) is 13.1 Å².